The van der Waals surface area contributed by atoms with Crippen LogP contribution in [0.1, 0.15) is 12.0 Å². The molecular weight excluding hydrogens is 408 g/mol. The minimum Gasteiger partial charge on any atom is -0.325 e. The largest absolute Gasteiger partial charge is 0.325 e. The first-order valence-electron chi connectivity index (χ1n) is 9.05. The van der Waals surface area contributed by atoms with E-state index in [-0.39, 0.29) is 17.3 Å². The first-order valence-corrected chi connectivity index (χ1v) is 11.5. The molecule has 4 rings (SSSR count). The summed E-state index contributed by atoms with van der Waals surface area (Å²) in [7, 11) is -2.18. The van der Waals surface area contributed by atoms with E-state index in [1.165, 1.54) is 17.4 Å². The summed E-state index contributed by atoms with van der Waals surface area (Å²) in [5.74, 6) is 0.573. The zero-order chi connectivity index (χ0) is 20.4. The van der Waals surface area contributed by atoms with Crippen LogP contribution in [0.15, 0.2) is 70.7 Å². The van der Waals surface area contributed by atoms with Crippen LogP contribution in [0.4, 0.5) is 5.69 Å². The fourth-order valence-electron chi connectivity index (χ4n) is 3.05. The van der Waals surface area contributed by atoms with Gasteiger partial charge in [-0.15, -0.1) is 11.8 Å². The maximum atomic E-state index is 13.0. The summed E-state index contributed by atoms with van der Waals surface area (Å²) in [5, 5.41) is 7.10. The molecule has 0 unspecified atom stereocenters. The fourth-order valence-corrected chi connectivity index (χ4v) is 5.17. The third-order valence-electron chi connectivity index (χ3n) is 4.58. The molecule has 2 aromatic carbocycles. The second kappa shape index (κ2) is 8.02. The number of hydrogen-bond acceptors (Lipinski definition) is 5. The van der Waals surface area contributed by atoms with Crippen LogP contribution in [0.5, 0.6) is 0 Å². The number of fused-ring (bicyclic) bond motifs is 1. The molecule has 2 heterocycles. The first-order chi connectivity index (χ1) is 13.9. The molecule has 0 bridgehead atoms. The highest BCUT2D eigenvalue weighted by atomic mass is 32.2. The van der Waals surface area contributed by atoms with Crippen molar-refractivity contribution in [2.24, 2.45) is 0 Å². The quantitative estimate of drug-likeness (QED) is 0.675. The number of carbonyl (C=O) groups is 1. The normalized spacial score (nSPS) is 14.3. The number of benzene rings is 2. The standard InChI is InChI=1S/C20H20N4O3S2/c1-23(13-15-12-21-24(14-15)16-5-3-2-4-6-16)29(26,27)17-7-8-19-18(11-17)22-20(25)9-10-28-19/h2-8,11-12,14H,9-10,13H2,1H3,(H,22,25). The van der Waals surface area contributed by atoms with Crippen molar-refractivity contribution < 1.29 is 13.2 Å². The van der Waals surface area contributed by atoms with E-state index in [0.717, 1.165) is 16.1 Å². The number of anilines is 1. The molecule has 1 N–H and O–H groups in total. The van der Waals surface area contributed by atoms with Gasteiger partial charge in [0.05, 0.1) is 22.5 Å². The van der Waals surface area contributed by atoms with Crippen LogP contribution < -0.4 is 5.32 Å². The molecule has 0 radical (unpaired) electrons. The van der Waals surface area contributed by atoms with Crippen molar-refractivity contribution in [3.05, 3.63) is 66.5 Å². The lowest BCUT2D eigenvalue weighted by Crippen LogP contribution is -2.26. The van der Waals surface area contributed by atoms with Gasteiger partial charge < -0.3 is 5.32 Å². The van der Waals surface area contributed by atoms with Crippen LogP contribution in [-0.4, -0.2) is 41.2 Å². The van der Waals surface area contributed by atoms with Crippen LogP contribution in [0.3, 0.4) is 0 Å². The summed E-state index contributed by atoms with van der Waals surface area (Å²) in [4.78, 5) is 12.8. The van der Waals surface area contributed by atoms with Gasteiger partial charge in [0, 0.05) is 42.4 Å². The molecule has 0 saturated carbocycles. The number of hydrogen-bond donors (Lipinski definition) is 1. The molecule has 0 fully saturated rings. The minimum atomic E-state index is -3.72. The van der Waals surface area contributed by atoms with Gasteiger partial charge in [-0.25, -0.2) is 13.1 Å². The molecule has 3 aromatic rings. The molecule has 1 aliphatic rings. The summed E-state index contributed by atoms with van der Waals surface area (Å²) in [5.41, 5.74) is 2.23. The molecule has 0 spiro atoms. The van der Waals surface area contributed by atoms with E-state index in [0.29, 0.717) is 17.9 Å². The number of nitrogens with one attached hydrogen (secondary N) is 1. The lowest BCUT2D eigenvalue weighted by molar-refractivity contribution is -0.115. The number of aromatic nitrogens is 2. The number of carbonyl (C=O) groups excluding carboxylic acids is 1. The molecule has 1 aromatic heterocycles. The topological polar surface area (TPSA) is 84.3 Å². The Balaban J connectivity index is 1.55. The van der Waals surface area contributed by atoms with Crippen molar-refractivity contribution in [3.63, 3.8) is 0 Å². The summed E-state index contributed by atoms with van der Waals surface area (Å²) < 4.78 is 29.1. The van der Waals surface area contributed by atoms with Crippen LogP contribution in [-0.2, 0) is 21.4 Å². The van der Waals surface area contributed by atoms with Crippen molar-refractivity contribution in [1.82, 2.24) is 14.1 Å². The van der Waals surface area contributed by atoms with E-state index in [9.17, 15) is 13.2 Å². The van der Waals surface area contributed by atoms with Crippen LogP contribution in [0, 0.1) is 0 Å². The molecule has 7 nitrogen and oxygen atoms in total. The summed E-state index contributed by atoms with van der Waals surface area (Å²) in [6.07, 6.45) is 3.88. The molecule has 0 aliphatic carbocycles. The maximum Gasteiger partial charge on any atom is 0.243 e. The third-order valence-corrected chi connectivity index (χ3v) is 7.46. The van der Waals surface area contributed by atoms with Crippen LogP contribution in [0.25, 0.3) is 5.69 Å². The van der Waals surface area contributed by atoms with Crippen molar-refractivity contribution in [1.29, 1.82) is 0 Å². The average molecular weight is 429 g/mol. The fraction of sp³-hybridized carbons (Fsp3) is 0.200. The highest BCUT2D eigenvalue weighted by Gasteiger charge is 2.24. The second-order valence-electron chi connectivity index (χ2n) is 6.69. The minimum absolute atomic E-state index is 0.104. The van der Waals surface area contributed by atoms with Gasteiger partial charge in [0.25, 0.3) is 0 Å². The number of sulfonamides is 1. The number of rotatable bonds is 5. The molecule has 1 amide bonds. The van der Waals surface area contributed by atoms with Gasteiger partial charge in [-0.1, -0.05) is 18.2 Å². The Morgan fingerprint density at radius 1 is 1.21 bits per heavy atom. The lowest BCUT2D eigenvalue weighted by atomic mass is 10.3. The van der Waals surface area contributed by atoms with E-state index in [4.69, 9.17) is 0 Å². The van der Waals surface area contributed by atoms with E-state index in [1.807, 2.05) is 36.5 Å². The van der Waals surface area contributed by atoms with Gasteiger partial charge in [-0.3, -0.25) is 4.79 Å². The van der Waals surface area contributed by atoms with E-state index in [1.54, 1.807) is 34.8 Å². The Labute approximate surface area is 173 Å². The zero-order valence-corrected chi connectivity index (χ0v) is 17.4. The van der Waals surface area contributed by atoms with Gasteiger partial charge >= 0.3 is 0 Å². The number of amides is 1. The molecule has 0 saturated heterocycles. The first kappa shape index (κ1) is 19.7. The smallest absolute Gasteiger partial charge is 0.243 e. The second-order valence-corrected chi connectivity index (χ2v) is 9.88. The third kappa shape index (κ3) is 4.21. The summed E-state index contributed by atoms with van der Waals surface area (Å²) in [6.45, 7) is 0.188. The van der Waals surface area contributed by atoms with Crippen LogP contribution >= 0.6 is 11.8 Å². The molecule has 1 aliphatic heterocycles. The molecule has 29 heavy (non-hydrogen) atoms. The van der Waals surface area contributed by atoms with E-state index < -0.39 is 10.0 Å². The molecular formula is C20H20N4O3S2. The van der Waals surface area contributed by atoms with Crippen molar-refractivity contribution >= 4 is 33.4 Å². The van der Waals surface area contributed by atoms with Gasteiger partial charge in [0.2, 0.25) is 15.9 Å². The highest BCUT2D eigenvalue weighted by Crippen LogP contribution is 2.33. The Hall–Kier alpha value is -2.62. The highest BCUT2D eigenvalue weighted by molar-refractivity contribution is 7.99. The molecule has 0 atom stereocenters. The Morgan fingerprint density at radius 3 is 2.79 bits per heavy atom. The number of nitrogens with zero attached hydrogens (tertiary/aromatic N) is 3. The average Bonchev–Trinajstić information content (AvgIpc) is 3.09. The van der Waals surface area contributed by atoms with Gasteiger partial charge in [0.15, 0.2) is 0 Å². The summed E-state index contributed by atoms with van der Waals surface area (Å²) >= 11 is 1.54. The van der Waals surface area contributed by atoms with E-state index in [2.05, 4.69) is 10.4 Å². The molecule has 9 heteroatoms. The SMILES string of the molecule is CN(Cc1cnn(-c2ccccc2)c1)S(=O)(=O)c1ccc2c(c1)NC(=O)CCS2. The lowest BCUT2D eigenvalue weighted by Gasteiger charge is -2.17. The predicted octanol–water partition coefficient (Wildman–Crippen LogP) is 3.13. The summed E-state index contributed by atoms with van der Waals surface area (Å²) in [6, 6.07) is 14.5. The maximum absolute atomic E-state index is 13.0. The van der Waals surface area contributed by atoms with Gasteiger partial charge in [-0.05, 0) is 30.3 Å². The monoisotopic (exact) mass is 428 g/mol. The number of thioether (sulfide) groups is 1. The predicted molar refractivity (Wildman–Crippen MR) is 113 cm³/mol. The Morgan fingerprint density at radius 2 is 2.00 bits per heavy atom. The van der Waals surface area contributed by atoms with Crippen molar-refractivity contribution in [2.45, 2.75) is 22.8 Å². The van der Waals surface area contributed by atoms with Gasteiger partial charge in [-0.2, -0.15) is 9.40 Å². The Bertz CT molecular complexity index is 1140. The molecule has 150 valence electrons. The Kier molecular flexibility index (Phi) is 5.44. The van der Waals surface area contributed by atoms with Gasteiger partial charge in [0.1, 0.15) is 0 Å². The van der Waals surface area contributed by atoms with Crippen molar-refractivity contribution in [3.8, 4) is 5.69 Å². The van der Waals surface area contributed by atoms with E-state index >= 15 is 0 Å². The van der Waals surface area contributed by atoms with Crippen molar-refractivity contribution in [2.75, 3.05) is 18.1 Å². The number of para-hydroxylation sites is 1. The zero-order valence-electron chi connectivity index (χ0n) is 15.8. The van der Waals surface area contributed by atoms with Crippen LogP contribution in [0.2, 0.25) is 0 Å².